The Hall–Kier alpha value is -0.380. The Balaban J connectivity index is 2.83. The molecule has 5 heteroatoms. The highest BCUT2D eigenvalue weighted by Crippen LogP contribution is 2.00. The van der Waals surface area contributed by atoms with Crippen molar-refractivity contribution in [2.24, 2.45) is 5.11 Å². The van der Waals surface area contributed by atoms with Gasteiger partial charge in [-0.3, -0.25) is 0 Å². The summed E-state index contributed by atoms with van der Waals surface area (Å²) in [5, 5.41) is 11.7. The average Bonchev–Trinajstić information content (AvgIpc) is 1.97. The highest BCUT2D eigenvalue weighted by molar-refractivity contribution is 7.99. The maximum Gasteiger partial charge on any atom is 0.0438 e. The molecule has 0 aliphatic heterocycles. The van der Waals surface area contributed by atoms with Crippen LogP contribution >= 0.6 is 11.8 Å². The van der Waals surface area contributed by atoms with Crippen molar-refractivity contribution in [2.75, 3.05) is 24.7 Å². The van der Waals surface area contributed by atoms with E-state index < -0.39 is 0 Å². The van der Waals surface area contributed by atoms with Gasteiger partial charge in [-0.2, -0.15) is 11.8 Å². The molecule has 0 radical (unpaired) electrons. The third-order valence-corrected chi connectivity index (χ3v) is 1.89. The Bertz CT molecular complexity index is 113. The summed E-state index contributed by atoms with van der Waals surface area (Å²) >= 11 is 1.69. The number of hydrogen-bond donors (Lipinski definition) is 1. The number of rotatable bonds is 6. The minimum absolute atomic E-state index is 0.245. The first-order chi connectivity index (χ1) is 4.91. The van der Waals surface area contributed by atoms with Gasteiger partial charge in [-0.1, -0.05) is 5.11 Å². The van der Waals surface area contributed by atoms with Crippen LogP contribution in [0.4, 0.5) is 0 Å². The molecule has 0 atom stereocenters. The molecule has 0 heterocycles. The lowest BCUT2D eigenvalue weighted by Gasteiger charge is -1.94. The second kappa shape index (κ2) is 8.62. The van der Waals surface area contributed by atoms with Crippen LogP contribution < -0.4 is 0 Å². The summed E-state index contributed by atoms with van der Waals surface area (Å²) in [6.07, 6.45) is 0.820. The molecule has 0 spiro atoms. The molecule has 1 N–H and O–H groups in total. The monoisotopic (exact) mass is 161 g/mol. The van der Waals surface area contributed by atoms with Crippen molar-refractivity contribution < 1.29 is 5.11 Å². The average molecular weight is 161 g/mol. The Labute approximate surface area is 64.3 Å². The molecule has 0 unspecified atom stereocenters. The number of hydrogen-bond acceptors (Lipinski definition) is 3. The highest BCUT2D eigenvalue weighted by Gasteiger charge is 1.85. The van der Waals surface area contributed by atoms with Gasteiger partial charge in [0.2, 0.25) is 0 Å². The van der Waals surface area contributed by atoms with E-state index in [0.717, 1.165) is 17.9 Å². The molecule has 0 aromatic heterocycles. The van der Waals surface area contributed by atoms with Gasteiger partial charge in [-0.15, -0.1) is 0 Å². The topological polar surface area (TPSA) is 69.0 Å². The van der Waals surface area contributed by atoms with Crippen LogP contribution in [0.1, 0.15) is 6.42 Å². The SMILES string of the molecule is [N-]=[N+]=NCCSCCCO. The molecule has 4 nitrogen and oxygen atoms in total. The quantitative estimate of drug-likeness (QED) is 0.277. The maximum absolute atomic E-state index is 8.37. The van der Waals surface area contributed by atoms with Crippen molar-refractivity contribution in [3.8, 4) is 0 Å². The van der Waals surface area contributed by atoms with Crippen molar-refractivity contribution in [3.63, 3.8) is 0 Å². The summed E-state index contributed by atoms with van der Waals surface area (Å²) in [5.41, 5.74) is 7.88. The van der Waals surface area contributed by atoms with E-state index in [1.807, 2.05) is 0 Å². The third kappa shape index (κ3) is 7.62. The smallest absolute Gasteiger partial charge is 0.0438 e. The Kier molecular flexibility index (Phi) is 8.29. The lowest BCUT2D eigenvalue weighted by molar-refractivity contribution is 0.296. The van der Waals surface area contributed by atoms with Gasteiger partial charge in [0.25, 0.3) is 0 Å². The lowest BCUT2D eigenvalue weighted by atomic mass is 10.5. The summed E-state index contributed by atoms with van der Waals surface area (Å²) < 4.78 is 0. The van der Waals surface area contributed by atoms with E-state index in [2.05, 4.69) is 10.0 Å². The summed E-state index contributed by atoms with van der Waals surface area (Å²) in [6.45, 7) is 0.793. The van der Waals surface area contributed by atoms with E-state index >= 15 is 0 Å². The van der Waals surface area contributed by atoms with Crippen LogP contribution in [0.3, 0.4) is 0 Å². The molecular formula is C5H11N3OS. The summed E-state index contributed by atoms with van der Waals surface area (Å²) in [6, 6.07) is 0. The van der Waals surface area contributed by atoms with E-state index in [4.69, 9.17) is 10.6 Å². The molecule has 0 aliphatic carbocycles. The zero-order valence-electron chi connectivity index (χ0n) is 5.73. The van der Waals surface area contributed by atoms with Crippen LogP contribution in [0.2, 0.25) is 0 Å². The molecule has 58 valence electrons. The van der Waals surface area contributed by atoms with Crippen LogP contribution in [0.5, 0.6) is 0 Å². The Morgan fingerprint density at radius 3 is 2.90 bits per heavy atom. The van der Waals surface area contributed by atoms with Gasteiger partial charge in [-0.25, -0.2) is 0 Å². The molecule has 0 saturated heterocycles. The highest BCUT2D eigenvalue weighted by atomic mass is 32.2. The molecule has 0 fully saturated rings. The van der Waals surface area contributed by atoms with E-state index in [1.165, 1.54) is 0 Å². The van der Waals surface area contributed by atoms with Crippen molar-refractivity contribution in [1.29, 1.82) is 0 Å². The summed E-state index contributed by atoms with van der Waals surface area (Å²) in [7, 11) is 0. The van der Waals surface area contributed by atoms with Crippen molar-refractivity contribution >= 4 is 11.8 Å². The molecule has 0 aliphatic rings. The molecule has 0 aromatic rings. The van der Waals surface area contributed by atoms with Crippen LogP contribution in [0.15, 0.2) is 5.11 Å². The molecule has 10 heavy (non-hydrogen) atoms. The standard InChI is InChI=1S/C5H11N3OS/c6-8-7-2-5-10-4-1-3-9/h9H,1-5H2. The van der Waals surface area contributed by atoms with Gasteiger partial charge < -0.3 is 5.11 Å². The molecular weight excluding hydrogens is 150 g/mol. The fraction of sp³-hybridized carbons (Fsp3) is 1.00. The zero-order valence-corrected chi connectivity index (χ0v) is 6.55. The van der Waals surface area contributed by atoms with Gasteiger partial charge in [0, 0.05) is 18.1 Å². The molecule has 0 aromatic carbocycles. The lowest BCUT2D eigenvalue weighted by Crippen LogP contribution is -1.89. The van der Waals surface area contributed by atoms with Gasteiger partial charge >= 0.3 is 0 Å². The number of thioether (sulfide) groups is 1. The van der Waals surface area contributed by atoms with Crippen molar-refractivity contribution in [1.82, 2.24) is 0 Å². The summed E-state index contributed by atoms with van der Waals surface area (Å²) in [5.74, 6) is 1.79. The largest absolute Gasteiger partial charge is 0.396 e. The predicted molar refractivity (Wildman–Crippen MR) is 43.0 cm³/mol. The second-order valence-corrected chi connectivity index (χ2v) is 2.87. The first-order valence-electron chi connectivity index (χ1n) is 3.11. The summed E-state index contributed by atoms with van der Waals surface area (Å²) in [4.78, 5) is 2.62. The molecule has 0 amide bonds. The normalized spacial score (nSPS) is 8.90. The van der Waals surface area contributed by atoms with Crippen LogP contribution in [-0.4, -0.2) is 29.8 Å². The fourth-order valence-corrected chi connectivity index (χ4v) is 1.17. The van der Waals surface area contributed by atoms with Crippen molar-refractivity contribution in [2.45, 2.75) is 6.42 Å². The number of aliphatic hydroxyl groups excluding tert-OH is 1. The maximum atomic E-state index is 8.37. The van der Waals surface area contributed by atoms with E-state index in [0.29, 0.717) is 6.54 Å². The van der Waals surface area contributed by atoms with E-state index in [1.54, 1.807) is 11.8 Å². The molecule has 0 saturated carbocycles. The van der Waals surface area contributed by atoms with Crippen LogP contribution in [0, 0.1) is 0 Å². The molecule has 0 rings (SSSR count). The van der Waals surface area contributed by atoms with E-state index in [-0.39, 0.29) is 6.61 Å². The Morgan fingerprint density at radius 2 is 2.30 bits per heavy atom. The van der Waals surface area contributed by atoms with Crippen LogP contribution in [-0.2, 0) is 0 Å². The zero-order chi connectivity index (χ0) is 7.66. The first kappa shape index (κ1) is 9.62. The number of nitrogens with zero attached hydrogens (tertiary/aromatic N) is 3. The number of azide groups is 1. The minimum atomic E-state index is 0.245. The van der Waals surface area contributed by atoms with Gasteiger partial charge in [-0.05, 0) is 23.5 Å². The minimum Gasteiger partial charge on any atom is -0.396 e. The third-order valence-electron chi connectivity index (χ3n) is 0.846. The first-order valence-corrected chi connectivity index (χ1v) is 4.26. The van der Waals surface area contributed by atoms with Gasteiger partial charge in [0.05, 0.1) is 0 Å². The number of aliphatic hydroxyl groups is 1. The van der Waals surface area contributed by atoms with Gasteiger partial charge in [0.15, 0.2) is 0 Å². The van der Waals surface area contributed by atoms with E-state index in [9.17, 15) is 0 Å². The van der Waals surface area contributed by atoms with Gasteiger partial charge in [0.1, 0.15) is 0 Å². The fourth-order valence-electron chi connectivity index (χ4n) is 0.419. The molecule has 0 bridgehead atoms. The Morgan fingerprint density at radius 1 is 1.50 bits per heavy atom. The van der Waals surface area contributed by atoms with Crippen molar-refractivity contribution in [3.05, 3.63) is 10.4 Å². The predicted octanol–water partition coefficient (Wildman–Crippen LogP) is 1.41. The second-order valence-electron chi connectivity index (χ2n) is 1.64. The van der Waals surface area contributed by atoms with Crippen LogP contribution in [0.25, 0.3) is 10.4 Å².